The Morgan fingerprint density at radius 1 is 0.938 bits per heavy atom. The van der Waals surface area contributed by atoms with E-state index in [9.17, 15) is 14.4 Å². The molecule has 32 heavy (non-hydrogen) atoms. The lowest BCUT2D eigenvalue weighted by Gasteiger charge is -2.09. The number of carbonyl (C=O) groups excluding carboxylic acids is 3. The average molecular weight is 513 g/mol. The van der Waals surface area contributed by atoms with Gasteiger partial charge in [-0.05, 0) is 42.8 Å². The van der Waals surface area contributed by atoms with Crippen molar-refractivity contribution in [2.45, 2.75) is 6.92 Å². The summed E-state index contributed by atoms with van der Waals surface area (Å²) >= 11 is 18.8. The first-order valence-corrected chi connectivity index (χ1v) is 11.3. The predicted molar refractivity (Wildman–Crippen MR) is 126 cm³/mol. The van der Waals surface area contributed by atoms with E-state index in [1.165, 1.54) is 18.2 Å². The van der Waals surface area contributed by atoms with Crippen molar-refractivity contribution < 1.29 is 23.9 Å². The van der Waals surface area contributed by atoms with E-state index < -0.39 is 24.5 Å². The average Bonchev–Trinajstić information content (AvgIpc) is 3.18. The van der Waals surface area contributed by atoms with Crippen molar-refractivity contribution in [1.82, 2.24) is 0 Å². The number of rotatable bonds is 7. The van der Waals surface area contributed by atoms with Crippen LogP contribution in [0.5, 0.6) is 0 Å². The van der Waals surface area contributed by atoms with E-state index >= 15 is 0 Å². The minimum Gasteiger partial charge on any atom is -0.462 e. The molecule has 1 amide bonds. The molecule has 0 aliphatic carbocycles. The predicted octanol–water partition coefficient (Wildman–Crippen LogP) is 6.35. The Labute approximate surface area is 203 Å². The van der Waals surface area contributed by atoms with Gasteiger partial charge in [0.05, 0.1) is 22.2 Å². The number of hydrogen-bond acceptors (Lipinski definition) is 6. The van der Waals surface area contributed by atoms with Gasteiger partial charge in [-0.2, -0.15) is 0 Å². The zero-order valence-corrected chi connectivity index (χ0v) is 19.7. The summed E-state index contributed by atoms with van der Waals surface area (Å²) in [5.41, 5.74) is 1.69. The van der Waals surface area contributed by atoms with Crippen molar-refractivity contribution >= 4 is 69.0 Å². The summed E-state index contributed by atoms with van der Waals surface area (Å²) in [5, 5.41) is 5.66. The van der Waals surface area contributed by atoms with E-state index in [1.807, 2.05) is 0 Å². The largest absolute Gasteiger partial charge is 0.462 e. The van der Waals surface area contributed by atoms with Crippen LogP contribution in [0.25, 0.3) is 11.1 Å². The smallest absolute Gasteiger partial charge is 0.341 e. The van der Waals surface area contributed by atoms with Crippen molar-refractivity contribution in [2.24, 2.45) is 0 Å². The van der Waals surface area contributed by atoms with Crippen LogP contribution in [0.15, 0.2) is 47.8 Å². The second-order valence-electron chi connectivity index (χ2n) is 6.33. The zero-order valence-electron chi connectivity index (χ0n) is 16.6. The Morgan fingerprint density at radius 3 is 2.31 bits per heavy atom. The quantitative estimate of drug-likeness (QED) is 0.373. The molecule has 3 rings (SSSR count). The molecule has 0 aliphatic rings. The molecule has 1 N–H and O–H groups in total. The Hall–Kier alpha value is -2.58. The molecule has 6 nitrogen and oxygen atoms in total. The first-order valence-electron chi connectivity index (χ1n) is 9.26. The molecule has 0 saturated heterocycles. The monoisotopic (exact) mass is 511 g/mol. The second kappa shape index (κ2) is 10.8. The summed E-state index contributed by atoms with van der Waals surface area (Å²) < 4.78 is 10.2. The molecule has 0 fully saturated rings. The van der Waals surface area contributed by atoms with Gasteiger partial charge in [0.15, 0.2) is 6.61 Å². The summed E-state index contributed by atoms with van der Waals surface area (Å²) in [6, 6.07) is 11.2. The number of nitrogens with one attached hydrogen (secondary N) is 1. The van der Waals surface area contributed by atoms with E-state index in [1.54, 1.807) is 36.6 Å². The molecular weight excluding hydrogens is 497 g/mol. The molecule has 10 heteroatoms. The van der Waals surface area contributed by atoms with Gasteiger partial charge in [0.1, 0.15) is 10.6 Å². The van der Waals surface area contributed by atoms with Crippen LogP contribution >= 0.6 is 46.1 Å². The van der Waals surface area contributed by atoms with Gasteiger partial charge in [0.25, 0.3) is 5.91 Å². The minimum absolute atomic E-state index is 0.153. The Morgan fingerprint density at radius 2 is 1.66 bits per heavy atom. The van der Waals surface area contributed by atoms with Gasteiger partial charge in [-0.25, -0.2) is 9.59 Å². The van der Waals surface area contributed by atoms with Gasteiger partial charge in [-0.3, -0.25) is 4.79 Å². The number of hydrogen-bond donors (Lipinski definition) is 1. The molecule has 2 aromatic carbocycles. The third kappa shape index (κ3) is 5.81. The molecule has 0 bridgehead atoms. The maximum atomic E-state index is 12.6. The number of benzene rings is 2. The van der Waals surface area contributed by atoms with E-state index in [0.717, 1.165) is 16.9 Å². The maximum Gasteiger partial charge on any atom is 0.341 e. The lowest BCUT2D eigenvalue weighted by Crippen LogP contribution is -2.21. The third-order valence-corrected chi connectivity index (χ3v) is 6.05. The lowest BCUT2D eigenvalue weighted by molar-refractivity contribution is -0.119. The van der Waals surface area contributed by atoms with Crippen LogP contribution in [0.3, 0.4) is 0 Å². The van der Waals surface area contributed by atoms with Gasteiger partial charge in [0.2, 0.25) is 0 Å². The molecule has 0 atom stereocenters. The molecule has 0 aliphatic heterocycles. The first-order chi connectivity index (χ1) is 15.3. The first kappa shape index (κ1) is 24.1. The SMILES string of the molecule is CCOC(=O)c1c(-c2ccc(Cl)cc2)csc1NC(=O)COC(=O)c1ccc(Cl)c(Cl)c1. The number of ether oxygens (including phenoxy) is 2. The Bertz CT molecular complexity index is 1160. The molecule has 3 aromatic rings. The normalized spacial score (nSPS) is 10.5. The van der Waals surface area contributed by atoms with E-state index in [2.05, 4.69) is 5.32 Å². The summed E-state index contributed by atoms with van der Waals surface area (Å²) in [5.74, 6) is -1.94. The third-order valence-electron chi connectivity index (χ3n) is 4.17. The highest BCUT2D eigenvalue weighted by molar-refractivity contribution is 7.15. The zero-order chi connectivity index (χ0) is 23.3. The molecule has 0 saturated carbocycles. The summed E-state index contributed by atoms with van der Waals surface area (Å²) in [7, 11) is 0. The molecule has 0 unspecified atom stereocenters. The van der Waals surface area contributed by atoms with Crippen LogP contribution in [0.4, 0.5) is 5.00 Å². The molecular formula is C22H16Cl3NO5S. The van der Waals surface area contributed by atoms with Crippen molar-refractivity contribution in [3.05, 3.63) is 74.0 Å². The van der Waals surface area contributed by atoms with E-state index in [-0.39, 0.29) is 27.8 Å². The Balaban J connectivity index is 1.75. The van der Waals surface area contributed by atoms with Crippen molar-refractivity contribution in [1.29, 1.82) is 0 Å². The van der Waals surface area contributed by atoms with Gasteiger partial charge < -0.3 is 14.8 Å². The Kier molecular flexibility index (Phi) is 8.15. The second-order valence-corrected chi connectivity index (χ2v) is 8.46. The number of carbonyl (C=O) groups is 3. The number of thiophene rings is 1. The van der Waals surface area contributed by atoms with Gasteiger partial charge in [0, 0.05) is 16.0 Å². The number of esters is 2. The lowest BCUT2D eigenvalue weighted by atomic mass is 10.0. The fourth-order valence-electron chi connectivity index (χ4n) is 2.70. The fraction of sp³-hybridized carbons (Fsp3) is 0.136. The van der Waals surface area contributed by atoms with Crippen molar-refractivity contribution in [3.63, 3.8) is 0 Å². The standard InChI is InChI=1S/C22H16Cl3NO5S/c1-2-30-22(29)19-15(12-3-6-14(23)7-4-12)11-32-20(19)26-18(27)10-31-21(28)13-5-8-16(24)17(25)9-13/h3-9,11H,2,10H2,1H3,(H,26,27). The molecule has 0 spiro atoms. The van der Waals surface area contributed by atoms with Crippen LogP contribution in [0.1, 0.15) is 27.6 Å². The number of halogens is 3. The molecule has 0 radical (unpaired) electrons. The number of anilines is 1. The summed E-state index contributed by atoms with van der Waals surface area (Å²) in [6.07, 6.45) is 0. The van der Waals surface area contributed by atoms with Gasteiger partial charge in [-0.1, -0.05) is 46.9 Å². The highest BCUT2D eigenvalue weighted by Crippen LogP contribution is 2.36. The molecule has 1 heterocycles. The minimum atomic E-state index is -0.739. The van der Waals surface area contributed by atoms with Crippen LogP contribution in [0, 0.1) is 0 Å². The van der Waals surface area contributed by atoms with Crippen LogP contribution in [0.2, 0.25) is 15.1 Å². The van der Waals surface area contributed by atoms with Crippen molar-refractivity contribution in [2.75, 3.05) is 18.5 Å². The van der Waals surface area contributed by atoms with Crippen LogP contribution < -0.4 is 5.32 Å². The fourth-order valence-corrected chi connectivity index (χ4v) is 4.10. The maximum absolute atomic E-state index is 12.6. The molecule has 1 aromatic heterocycles. The highest BCUT2D eigenvalue weighted by Gasteiger charge is 2.23. The van der Waals surface area contributed by atoms with Crippen LogP contribution in [-0.2, 0) is 14.3 Å². The topological polar surface area (TPSA) is 81.7 Å². The van der Waals surface area contributed by atoms with Crippen LogP contribution in [-0.4, -0.2) is 31.1 Å². The van der Waals surface area contributed by atoms with Gasteiger partial charge >= 0.3 is 11.9 Å². The summed E-state index contributed by atoms with van der Waals surface area (Å²) in [4.78, 5) is 37.1. The number of amides is 1. The molecule has 166 valence electrons. The van der Waals surface area contributed by atoms with E-state index in [0.29, 0.717) is 15.6 Å². The summed E-state index contributed by atoms with van der Waals surface area (Å²) in [6.45, 7) is 1.30. The van der Waals surface area contributed by atoms with Crippen molar-refractivity contribution in [3.8, 4) is 11.1 Å². The van der Waals surface area contributed by atoms with E-state index in [4.69, 9.17) is 44.3 Å². The highest BCUT2D eigenvalue weighted by atomic mass is 35.5. The van der Waals surface area contributed by atoms with Gasteiger partial charge in [-0.15, -0.1) is 11.3 Å².